The van der Waals surface area contributed by atoms with Crippen molar-refractivity contribution >= 4 is 18.1 Å². The van der Waals surface area contributed by atoms with Crippen molar-refractivity contribution < 1.29 is 23.9 Å². The molecule has 0 heterocycles. The van der Waals surface area contributed by atoms with Gasteiger partial charge in [-0.25, -0.2) is 0 Å². The average molecular weight is 807 g/mol. The summed E-state index contributed by atoms with van der Waals surface area (Å²) < 4.78 is 0. The third-order valence-electron chi connectivity index (χ3n) is 13.9. The van der Waals surface area contributed by atoms with E-state index >= 15 is 0 Å². The van der Waals surface area contributed by atoms with Crippen molar-refractivity contribution in [1.82, 2.24) is 0 Å². The summed E-state index contributed by atoms with van der Waals surface area (Å²) in [6.45, 7) is 4.72. The molecule has 2 unspecified atom stereocenters. The standard InChI is InChI=1S/C52H63Si.Zr/c1-3-5-15-43-33-49-45(41-29-25-39(26-30-41)37-17-9-7-10-18-37)21-13-23-47(49)51(43)35-53-36-52-44(16-6-4-2)34-50-46(22-14-24-48(50)52)42-31-27-40(28-32-42)38-19-11-8-12-20-38;/h13-14,21-34,37-38,51-53H,3-12,15-20,35-36H2,1-2H3;. The van der Waals surface area contributed by atoms with Crippen LogP contribution in [0.5, 0.6) is 0 Å². The fourth-order valence-electron chi connectivity index (χ4n) is 10.8. The van der Waals surface area contributed by atoms with E-state index in [9.17, 15) is 0 Å². The van der Waals surface area contributed by atoms with Gasteiger partial charge in [-0.15, -0.1) is 0 Å². The molecular weight excluding hydrogens is 744 g/mol. The molecule has 0 spiro atoms. The van der Waals surface area contributed by atoms with Crippen molar-refractivity contribution in [1.29, 1.82) is 0 Å². The van der Waals surface area contributed by atoms with Crippen LogP contribution >= 0.6 is 0 Å². The normalized spacial score (nSPS) is 20.7. The van der Waals surface area contributed by atoms with E-state index in [-0.39, 0.29) is 0 Å². The molecule has 0 saturated heterocycles. The maximum absolute atomic E-state index is 2.65. The summed E-state index contributed by atoms with van der Waals surface area (Å²) in [6, 6.07) is 37.0. The number of rotatable bonds is 14. The number of allylic oxidation sites excluding steroid dienone is 2. The zero-order valence-corrected chi connectivity index (χ0v) is 37.0. The fourth-order valence-corrected chi connectivity index (χ4v) is 16.7. The second-order valence-corrected chi connectivity index (χ2v) is 25.8. The van der Waals surface area contributed by atoms with Crippen LogP contribution in [0.3, 0.4) is 0 Å². The van der Waals surface area contributed by atoms with Crippen molar-refractivity contribution in [2.75, 3.05) is 0 Å². The monoisotopic (exact) mass is 805 g/mol. The van der Waals surface area contributed by atoms with Crippen molar-refractivity contribution in [2.45, 2.75) is 152 Å². The van der Waals surface area contributed by atoms with Gasteiger partial charge in [0.25, 0.3) is 0 Å². The quantitative estimate of drug-likeness (QED) is 0.111. The molecule has 54 heavy (non-hydrogen) atoms. The van der Waals surface area contributed by atoms with E-state index in [2.05, 4.69) is 111 Å². The summed E-state index contributed by atoms with van der Waals surface area (Å²) in [4.78, 5) is 0. The molecule has 0 amide bonds. The van der Waals surface area contributed by atoms with Crippen molar-refractivity contribution in [3.8, 4) is 22.3 Å². The number of benzene rings is 4. The molecule has 2 saturated carbocycles. The van der Waals surface area contributed by atoms with Crippen LogP contribution in [0, 0.1) is 0 Å². The third kappa shape index (κ3) is 8.42. The van der Waals surface area contributed by atoms with Gasteiger partial charge in [0, 0.05) is 0 Å². The Kier molecular flexibility index (Phi) is 12.9. The Morgan fingerprint density at radius 1 is 0.519 bits per heavy atom. The van der Waals surface area contributed by atoms with E-state index in [1.807, 2.05) is 23.9 Å². The number of fused-ring (bicyclic) bond motifs is 2. The molecular formula is C52H63SiZr. The Morgan fingerprint density at radius 3 is 1.31 bits per heavy atom. The van der Waals surface area contributed by atoms with Crippen LogP contribution in [-0.4, -0.2) is 5.92 Å². The first-order chi connectivity index (χ1) is 26.6. The van der Waals surface area contributed by atoms with Crippen LogP contribution in [-0.2, 0) is 23.9 Å². The Balaban J connectivity index is 1.03. The van der Waals surface area contributed by atoms with Crippen LogP contribution in [0.25, 0.3) is 34.4 Å². The molecule has 4 aromatic rings. The molecule has 2 heteroatoms. The van der Waals surface area contributed by atoms with E-state index in [1.165, 1.54) is 148 Å². The number of hydrogen-bond donors (Lipinski definition) is 0. The molecule has 0 aliphatic heterocycles. The molecule has 0 aromatic heterocycles. The SMILES string of the molecule is CCCCC1=Cc2c(-c3ccc(C4CCCCC4)cc3)cccc2C1C[SiH]([Zr])CC1C(CCCC)=Cc2c(-c3ccc(C4CCCCC4)cc3)cccc21. The van der Waals surface area contributed by atoms with Gasteiger partial charge in [-0.3, -0.25) is 0 Å². The van der Waals surface area contributed by atoms with Gasteiger partial charge in [-0.1, -0.05) is 38.5 Å². The first kappa shape index (κ1) is 38.3. The molecule has 0 radical (unpaired) electrons. The Morgan fingerprint density at radius 2 is 0.926 bits per heavy atom. The number of unbranched alkanes of at least 4 members (excludes halogenated alkanes) is 2. The van der Waals surface area contributed by atoms with Gasteiger partial charge >= 0.3 is 307 Å². The Labute approximate surface area is 343 Å². The summed E-state index contributed by atoms with van der Waals surface area (Å²) in [5.74, 6) is 1.77. The van der Waals surface area contributed by atoms with Gasteiger partial charge in [0.2, 0.25) is 0 Å². The van der Waals surface area contributed by atoms with Crippen LogP contribution in [0.2, 0.25) is 12.1 Å². The maximum atomic E-state index is 2.65. The first-order valence-electron chi connectivity index (χ1n) is 22.2. The summed E-state index contributed by atoms with van der Waals surface area (Å²) in [7, 11) is 0. The van der Waals surface area contributed by atoms with Gasteiger partial charge in [0.05, 0.1) is 0 Å². The van der Waals surface area contributed by atoms with Crippen molar-refractivity contribution in [3.63, 3.8) is 0 Å². The molecule has 279 valence electrons. The molecule has 4 aliphatic rings. The van der Waals surface area contributed by atoms with E-state index in [1.54, 1.807) is 33.4 Å². The second-order valence-electron chi connectivity index (χ2n) is 17.4. The summed E-state index contributed by atoms with van der Waals surface area (Å²) in [5, 5.41) is 0. The molecule has 0 N–H and O–H groups in total. The molecule has 4 aliphatic carbocycles. The third-order valence-corrected chi connectivity index (χ3v) is 19.4. The van der Waals surface area contributed by atoms with E-state index in [4.69, 9.17) is 0 Å². The predicted molar refractivity (Wildman–Crippen MR) is 233 cm³/mol. The second kappa shape index (κ2) is 18.2. The first-order valence-corrected chi connectivity index (χ1v) is 28.7. The van der Waals surface area contributed by atoms with Crippen LogP contribution in [0.15, 0.2) is 96.1 Å². The topological polar surface area (TPSA) is 0 Å². The molecule has 0 bridgehead atoms. The molecule has 2 fully saturated rings. The molecule has 8 rings (SSSR count). The van der Waals surface area contributed by atoms with Crippen LogP contribution < -0.4 is 0 Å². The number of hydrogen-bond acceptors (Lipinski definition) is 0. The van der Waals surface area contributed by atoms with Gasteiger partial charge in [-0.05, 0) is 0 Å². The summed E-state index contributed by atoms with van der Waals surface area (Å²) >= 11 is 1.84. The fraction of sp³-hybridized carbons (Fsp3) is 0.462. The Hall–Kier alpha value is -2.54. The molecule has 2 atom stereocenters. The molecule has 4 aromatic carbocycles. The predicted octanol–water partition coefficient (Wildman–Crippen LogP) is 15.4. The van der Waals surface area contributed by atoms with Gasteiger partial charge in [0.15, 0.2) is 0 Å². The van der Waals surface area contributed by atoms with E-state index in [0.717, 1.165) is 11.8 Å². The van der Waals surface area contributed by atoms with Crippen LogP contribution in [0.4, 0.5) is 0 Å². The Bertz CT molecular complexity index is 1780. The zero-order chi connectivity index (χ0) is 36.9. The minimum absolute atomic E-state index is 0.613. The van der Waals surface area contributed by atoms with Gasteiger partial charge < -0.3 is 0 Å². The van der Waals surface area contributed by atoms with E-state index < -0.39 is 5.92 Å². The van der Waals surface area contributed by atoms with Gasteiger partial charge in [-0.2, -0.15) is 0 Å². The van der Waals surface area contributed by atoms with Crippen molar-refractivity contribution in [2.24, 2.45) is 0 Å². The van der Waals surface area contributed by atoms with Crippen LogP contribution in [0.1, 0.15) is 174 Å². The van der Waals surface area contributed by atoms with Gasteiger partial charge in [0.1, 0.15) is 0 Å². The minimum atomic E-state index is -0.988. The van der Waals surface area contributed by atoms with E-state index in [0.29, 0.717) is 11.8 Å². The average Bonchev–Trinajstić information content (AvgIpc) is 3.76. The van der Waals surface area contributed by atoms with Crippen molar-refractivity contribution in [3.05, 3.63) is 129 Å². The zero-order valence-electron chi connectivity index (χ0n) is 33.4. The summed E-state index contributed by atoms with van der Waals surface area (Å²) in [6.07, 6.45) is 26.9. The molecule has 0 nitrogen and oxygen atoms in total. The summed E-state index contributed by atoms with van der Waals surface area (Å²) in [5.41, 5.74) is 18.6.